The first-order valence-electron chi connectivity index (χ1n) is 4.72. The van der Waals surface area contributed by atoms with Crippen molar-refractivity contribution in [2.75, 3.05) is 18.5 Å². The number of alkyl halides is 1. The minimum absolute atomic E-state index is 0.223. The number of ether oxygens (including phenoxy) is 1. The molecule has 1 aromatic heterocycles. The zero-order valence-corrected chi connectivity index (χ0v) is 9.83. The summed E-state index contributed by atoms with van der Waals surface area (Å²) in [6.07, 6.45) is 3.65. The van der Waals surface area contributed by atoms with Crippen LogP contribution in [0, 0.1) is 5.41 Å². The average Bonchev–Trinajstić information content (AvgIpc) is 2.79. The van der Waals surface area contributed by atoms with Crippen molar-refractivity contribution in [3.63, 3.8) is 0 Å². The van der Waals surface area contributed by atoms with Crippen LogP contribution in [-0.2, 0) is 18.2 Å². The van der Waals surface area contributed by atoms with Crippen molar-refractivity contribution in [3.8, 4) is 0 Å². The highest BCUT2D eigenvalue weighted by Crippen LogP contribution is 2.33. The zero-order valence-electron chi connectivity index (χ0n) is 8.24. The number of nitrogens with zero attached hydrogens (tertiary/aromatic N) is 3. The zero-order chi connectivity index (χ0) is 10.0. The lowest BCUT2D eigenvalue weighted by Gasteiger charge is -2.23. The molecule has 14 heavy (non-hydrogen) atoms. The van der Waals surface area contributed by atoms with E-state index in [1.165, 1.54) is 0 Å². The van der Waals surface area contributed by atoms with E-state index in [0.29, 0.717) is 0 Å². The molecule has 0 aromatic carbocycles. The molecule has 1 aliphatic heterocycles. The van der Waals surface area contributed by atoms with Crippen LogP contribution < -0.4 is 0 Å². The molecule has 1 atom stereocenters. The minimum Gasteiger partial charge on any atom is -0.381 e. The van der Waals surface area contributed by atoms with Crippen molar-refractivity contribution in [1.82, 2.24) is 14.8 Å². The Balaban J connectivity index is 2.12. The Hall–Kier alpha value is -0.420. The molecular weight excluding hydrogens is 246 g/mol. The first-order chi connectivity index (χ1) is 6.76. The third-order valence-electron chi connectivity index (χ3n) is 2.81. The van der Waals surface area contributed by atoms with Crippen LogP contribution in [0.15, 0.2) is 6.33 Å². The Morgan fingerprint density at radius 3 is 3.07 bits per heavy atom. The molecule has 2 rings (SSSR count). The molecule has 0 bridgehead atoms. The highest BCUT2D eigenvalue weighted by atomic mass is 79.9. The third kappa shape index (κ3) is 1.83. The third-order valence-corrected chi connectivity index (χ3v) is 4.00. The topological polar surface area (TPSA) is 39.9 Å². The van der Waals surface area contributed by atoms with Gasteiger partial charge in [-0.3, -0.25) is 4.68 Å². The summed E-state index contributed by atoms with van der Waals surface area (Å²) in [5.74, 6) is 1.04. The highest BCUT2D eigenvalue weighted by molar-refractivity contribution is 9.09. The van der Waals surface area contributed by atoms with Gasteiger partial charge in [-0.05, 0) is 6.42 Å². The molecule has 5 heteroatoms. The minimum atomic E-state index is 0.223. The predicted octanol–water partition coefficient (Wildman–Crippen LogP) is 1.16. The molecule has 78 valence electrons. The van der Waals surface area contributed by atoms with Gasteiger partial charge in [0, 0.05) is 30.8 Å². The Bertz CT molecular complexity index is 307. The van der Waals surface area contributed by atoms with Gasteiger partial charge < -0.3 is 4.74 Å². The predicted molar refractivity (Wildman–Crippen MR) is 56.4 cm³/mol. The summed E-state index contributed by atoms with van der Waals surface area (Å²) < 4.78 is 7.29. The number of hydrogen-bond acceptors (Lipinski definition) is 3. The molecule has 1 aliphatic rings. The summed E-state index contributed by atoms with van der Waals surface area (Å²) in [5.41, 5.74) is 0.223. The monoisotopic (exact) mass is 259 g/mol. The van der Waals surface area contributed by atoms with E-state index in [2.05, 4.69) is 26.0 Å². The SMILES string of the molecule is Cn1ncnc1CC1(CBr)CCOC1. The lowest BCUT2D eigenvalue weighted by atomic mass is 9.86. The average molecular weight is 260 g/mol. The number of rotatable bonds is 3. The van der Waals surface area contributed by atoms with E-state index in [0.717, 1.165) is 37.2 Å². The van der Waals surface area contributed by atoms with Crippen molar-refractivity contribution in [1.29, 1.82) is 0 Å². The van der Waals surface area contributed by atoms with Gasteiger partial charge in [0.05, 0.1) is 6.61 Å². The largest absolute Gasteiger partial charge is 0.381 e. The lowest BCUT2D eigenvalue weighted by Crippen LogP contribution is -2.27. The summed E-state index contributed by atoms with van der Waals surface area (Å²) >= 11 is 3.57. The van der Waals surface area contributed by atoms with E-state index in [1.54, 1.807) is 6.33 Å². The highest BCUT2D eigenvalue weighted by Gasteiger charge is 2.35. The Morgan fingerprint density at radius 2 is 2.57 bits per heavy atom. The summed E-state index contributed by atoms with van der Waals surface area (Å²) in [6.45, 7) is 1.69. The number of hydrogen-bond donors (Lipinski definition) is 0. The van der Waals surface area contributed by atoms with Gasteiger partial charge in [0.15, 0.2) is 0 Å². The van der Waals surface area contributed by atoms with Crippen molar-refractivity contribution in [3.05, 3.63) is 12.2 Å². The summed E-state index contributed by atoms with van der Waals surface area (Å²) in [6, 6.07) is 0. The number of aromatic nitrogens is 3. The van der Waals surface area contributed by atoms with Crippen molar-refractivity contribution >= 4 is 15.9 Å². The fourth-order valence-electron chi connectivity index (χ4n) is 1.76. The molecule has 2 heterocycles. The van der Waals surface area contributed by atoms with E-state index in [9.17, 15) is 0 Å². The standard InChI is InChI=1S/C9H14BrN3O/c1-13-8(11-7-12-13)4-9(5-10)2-3-14-6-9/h7H,2-6H2,1H3. The van der Waals surface area contributed by atoms with E-state index in [4.69, 9.17) is 4.74 Å². The van der Waals surface area contributed by atoms with Gasteiger partial charge in [0.1, 0.15) is 12.2 Å². The van der Waals surface area contributed by atoms with Crippen LogP contribution in [-0.4, -0.2) is 33.3 Å². The molecule has 1 saturated heterocycles. The van der Waals surface area contributed by atoms with E-state index in [-0.39, 0.29) is 5.41 Å². The Kier molecular flexibility index (Phi) is 2.88. The van der Waals surface area contributed by atoms with Gasteiger partial charge in [0.25, 0.3) is 0 Å². The fourth-order valence-corrected chi connectivity index (χ4v) is 2.40. The number of aryl methyl sites for hydroxylation is 1. The first kappa shape index (κ1) is 10.1. The molecule has 1 unspecified atom stereocenters. The van der Waals surface area contributed by atoms with Gasteiger partial charge in [0.2, 0.25) is 0 Å². The van der Waals surface area contributed by atoms with E-state index >= 15 is 0 Å². The van der Waals surface area contributed by atoms with E-state index < -0.39 is 0 Å². The molecule has 0 aliphatic carbocycles. The van der Waals surface area contributed by atoms with Crippen molar-refractivity contribution in [2.45, 2.75) is 12.8 Å². The van der Waals surface area contributed by atoms with Crippen LogP contribution in [0.1, 0.15) is 12.2 Å². The van der Waals surface area contributed by atoms with Crippen molar-refractivity contribution < 1.29 is 4.74 Å². The Morgan fingerprint density at radius 1 is 1.71 bits per heavy atom. The second-order valence-electron chi connectivity index (χ2n) is 3.91. The van der Waals surface area contributed by atoms with Gasteiger partial charge in [-0.2, -0.15) is 5.10 Å². The summed E-state index contributed by atoms with van der Waals surface area (Å²) in [5, 5.41) is 5.04. The molecule has 4 nitrogen and oxygen atoms in total. The maximum atomic E-state index is 5.45. The van der Waals surface area contributed by atoms with Crippen molar-refractivity contribution in [2.24, 2.45) is 12.5 Å². The first-order valence-corrected chi connectivity index (χ1v) is 5.84. The second kappa shape index (κ2) is 3.98. The molecule has 0 saturated carbocycles. The van der Waals surface area contributed by atoms with Crippen LogP contribution in [0.5, 0.6) is 0 Å². The molecule has 0 N–H and O–H groups in total. The molecular formula is C9H14BrN3O. The van der Waals surface area contributed by atoms with Gasteiger partial charge in [-0.25, -0.2) is 4.98 Å². The molecule has 0 amide bonds. The molecule has 1 fully saturated rings. The van der Waals surface area contributed by atoms with Crippen LogP contribution in [0.25, 0.3) is 0 Å². The van der Waals surface area contributed by atoms with Gasteiger partial charge in [-0.15, -0.1) is 0 Å². The normalized spacial score (nSPS) is 27.0. The fraction of sp³-hybridized carbons (Fsp3) is 0.778. The van der Waals surface area contributed by atoms with Crippen LogP contribution in [0.3, 0.4) is 0 Å². The van der Waals surface area contributed by atoms with Crippen LogP contribution in [0.4, 0.5) is 0 Å². The quantitative estimate of drug-likeness (QED) is 0.765. The maximum absolute atomic E-state index is 5.45. The Labute approximate surface area is 91.8 Å². The smallest absolute Gasteiger partial charge is 0.138 e. The molecule has 1 aromatic rings. The second-order valence-corrected chi connectivity index (χ2v) is 4.47. The molecule has 0 radical (unpaired) electrons. The van der Waals surface area contributed by atoms with Crippen LogP contribution >= 0.6 is 15.9 Å². The lowest BCUT2D eigenvalue weighted by molar-refractivity contribution is 0.160. The number of halogens is 1. The van der Waals surface area contributed by atoms with Gasteiger partial charge in [-0.1, -0.05) is 15.9 Å². The summed E-state index contributed by atoms with van der Waals surface area (Å²) in [7, 11) is 1.93. The van der Waals surface area contributed by atoms with Crippen LogP contribution in [0.2, 0.25) is 0 Å². The van der Waals surface area contributed by atoms with E-state index in [1.807, 2.05) is 11.7 Å². The van der Waals surface area contributed by atoms with Gasteiger partial charge >= 0.3 is 0 Å². The molecule has 0 spiro atoms. The maximum Gasteiger partial charge on any atom is 0.138 e. The summed E-state index contributed by atoms with van der Waals surface area (Å²) in [4.78, 5) is 4.25.